The molecule has 0 aromatic rings. The van der Waals surface area contributed by atoms with Gasteiger partial charge in [0.1, 0.15) is 0 Å². The summed E-state index contributed by atoms with van der Waals surface area (Å²) in [6.07, 6.45) is 1.33. The van der Waals surface area contributed by atoms with E-state index < -0.39 is 0 Å². The molecule has 0 aromatic heterocycles. The molecule has 0 bridgehead atoms. The Balaban J connectivity index is -0.0000000857. The largest absolute Gasteiger partial charge is 0.516 e. The first-order valence-corrected chi connectivity index (χ1v) is 5.40. The molecule has 0 atom stereocenters. The molecule has 0 aliphatic carbocycles. The maximum Gasteiger partial charge on any atom is 0.157 e. The van der Waals surface area contributed by atoms with Gasteiger partial charge in [0.15, 0.2) is 5.78 Å². The maximum atomic E-state index is 10.4. The number of Topliss-reactive ketones (excluding diaryl/α,β-unsaturated/α-hetero) is 1. The van der Waals surface area contributed by atoms with Gasteiger partial charge in [-0.25, -0.2) is 0 Å². The lowest BCUT2D eigenvalue weighted by atomic mass is 10.2. The first kappa shape index (κ1) is 25.4. The van der Waals surface area contributed by atoms with Crippen molar-refractivity contribution in [1.29, 1.82) is 0 Å². The van der Waals surface area contributed by atoms with Gasteiger partial charge in [0.2, 0.25) is 0 Å². The lowest BCUT2D eigenvalue weighted by molar-refractivity contribution is -0.115. The number of aliphatic hydroxyl groups excluding tert-OH is 1. The lowest BCUT2D eigenvalue weighted by Gasteiger charge is -1.98. The molecule has 3 heteroatoms. The van der Waals surface area contributed by atoms with Gasteiger partial charge in [-0.05, 0) is 38.8 Å². The second kappa shape index (κ2) is 17.9. The Kier molecular flexibility index (Phi) is 25.2. The second-order valence-electron chi connectivity index (χ2n) is 3.50. The van der Waals surface area contributed by atoms with E-state index in [0.29, 0.717) is 12.0 Å². The number of methoxy groups -OCH3 is 1. The zero-order chi connectivity index (χ0) is 14.4. The molecule has 0 aliphatic heterocycles. The molecule has 18 heavy (non-hydrogen) atoms. The van der Waals surface area contributed by atoms with Crippen LogP contribution in [0.15, 0.2) is 36.3 Å². The Morgan fingerprint density at radius 1 is 1.28 bits per heavy atom. The number of allylic oxidation sites excluding steroid dienone is 3. The van der Waals surface area contributed by atoms with Crippen LogP contribution < -0.4 is 0 Å². The number of carbonyl (C=O) groups is 1. The number of hydrogen-bond acceptors (Lipinski definition) is 3. The molecule has 0 unspecified atom stereocenters. The summed E-state index contributed by atoms with van der Waals surface area (Å²) in [5.74, 6) is 1.17. The molecular formula is C15H30O3. The van der Waals surface area contributed by atoms with Crippen molar-refractivity contribution in [1.82, 2.24) is 0 Å². The number of carbonyl (C=O) groups excluding carboxylic acids is 1. The number of rotatable bonds is 3. The number of hydrogen-bond donors (Lipinski definition) is 1. The third-order valence-corrected chi connectivity index (χ3v) is 1.81. The van der Waals surface area contributed by atoms with E-state index in [-0.39, 0.29) is 13.2 Å². The van der Waals surface area contributed by atoms with Crippen LogP contribution in [0.1, 0.15) is 48.5 Å². The van der Waals surface area contributed by atoms with E-state index in [1.807, 2.05) is 27.7 Å². The molecule has 0 saturated heterocycles. The molecule has 0 amide bonds. The fraction of sp³-hybridized carbons (Fsp3) is 0.533. The lowest BCUT2D eigenvalue weighted by Crippen LogP contribution is -1.93. The van der Waals surface area contributed by atoms with Crippen molar-refractivity contribution >= 4 is 5.78 Å². The molecule has 0 saturated carbocycles. The second-order valence-corrected chi connectivity index (χ2v) is 3.50. The Hall–Kier alpha value is -1.51. The van der Waals surface area contributed by atoms with Crippen molar-refractivity contribution in [3.8, 4) is 0 Å². The Labute approximate surface area is 113 Å². The van der Waals surface area contributed by atoms with Crippen LogP contribution in [0.4, 0.5) is 0 Å². The minimum absolute atomic E-state index is 0. The number of ether oxygens (including phenoxy) is 1. The topological polar surface area (TPSA) is 46.5 Å². The van der Waals surface area contributed by atoms with E-state index in [1.165, 1.54) is 5.57 Å². The number of ketones is 1. The van der Waals surface area contributed by atoms with Crippen LogP contribution in [0.3, 0.4) is 0 Å². The van der Waals surface area contributed by atoms with Gasteiger partial charge in [0.25, 0.3) is 0 Å². The monoisotopic (exact) mass is 258 g/mol. The summed E-state index contributed by atoms with van der Waals surface area (Å²) in [6.45, 7) is 16.0. The molecule has 0 fully saturated rings. The third-order valence-electron chi connectivity index (χ3n) is 1.81. The summed E-state index contributed by atoms with van der Waals surface area (Å²) < 4.78 is 4.89. The quantitative estimate of drug-likeness (QED) is 0.583. The van der Waals surface area contributed by atoms with Gasteiger partial charge in [0, 0.05) is 6.42 Å². The van der Waals surface area contributed by atoms with E-state index in [1.54, 1.807) is 14.0 Å². The first-order chi connectivity index (χ1) is 7.78. The summed E-state index contributed by atoms with van der Waals surface area (Å²) >= 11 is 0. The zero-order valence-corrected chi connectivity index (χ0v) is 12.0. The molecule has 0 aromatic carbocycles. The van der Waals surface area contributed by atoms with Gasteiger partial charge in [-0.2, -0.15) is 0 Å². The Morgan fingerprint density at radius 2 is 1.61 bits per heavy atom. The van der Waals surface area contributed by atoms with Crippen LogP contribution in [0.25, 0.3) is 0 Å². The van der Waals surface area contributed by atoms with Crippen molar-refractivity contribution < 1.29 is 14.6 Å². The summed E-state index contributed by atoms with van der Waals surface area (Å²) in [5, 5.41) is 7.33. The average Bonchev–Trinajstić information content (AvgIpc) is 2.28. The Morgan fingerprint density at radius 3 is 1.61 bits per heavy atom. The van der Waals surface area contributed by atoms with Gasteiger partial charge >= 0.3 is 0 Å². The smallest absolute Gasteiger partial charge is 0.157 e. The third kappa shape index (κ3) is 24.0. The molecule has 3 nitrogen and oxygen atoms in total. The fourth-order valence-electron chi connectivity index (χ4n) is 0.506. The highest BCUT2D eigenvalue weighted by molar-refractivity contribution is 5.93. The molecule has 1 N–H and O–H groups in total. The number of aliphatic hydroxyl groups is 1. The van der Waals surface area contributed by atoms with Crippen LogP contribution in [0.2, 0.25) is 0 Å². The van der Waals surface area contributed by atoms with Crippen LogP contribution in [0.5, 0.6) is 0 Å². The maximum absolute atomic E-state index is 10.4. The minimum atomic E-state index is 0. The van der Waals surface area contributed by atoms with Crippen molar-refractivity contribution in [3.63, 3.8) is 0 Å². The fourth-order valence-corrected chi connectivity index (χ4v) is 0.506. The van der Waals surface area contributed by atoms with Crippen molar-refractivity contribution in [2.45, 2.75) is 48.5 Å². The molecular weight excluding hydrogens is 228 g/mol. The van der Waals surface area contributed by atoms with Crippen LogP contribution >= 0.6 is 0 Å². The standard InChI is InChI=1S/C6H12O.C6H10O.C2H4O.CH4/c1-5(2)6(3)7-4;1-4-6(7)5(2)3;1-2-3;/h1-4H3;2,4H2,1,3H3;2-3H,1H2;1H4. The molecule has 0 spiro atoms. The van der Waals surface area contributed by atoms with Crippen LogP contribution in [-0.4, -0.2) is 18.0 Å². The predicted octanol–water partition coefficient (Wildman–Crippen LogP) is 4.81. The highest BCUT2D eigenvalue weighted by atomic mass is 16.5. The van der Waals surface area contributed by atoms with E-state index in [4.69, 9.17) is 9.84 Å². The molecule has 0 heterocycles. The van der Waals surface area contributed by atoms with E-state index in [2.05, 4.69) is 13.2 Å². The zero-order valence-electron chi connectivity index (χ0n) is 12.0. The highest BCUT2D eigenvalue weighted by Crippen LogP contribution is 1.99. The van der Waals surface area contributed by atoms with Gasteiger partial charge in [0.05, 0.1) is 19.1 Å². The molecule has 0 rings (SSSR count). The minimum Gasteiger partial charge on any atom is -0.516 e. The summed E-state index contributed by atoms with van der Waals surface area (Å²) in [6, 6.07) is 0. The molecule has 0 radical (unpaired) electrons. The SMILES string of the molecule is C.C=C(C)C(=O)CC.C=CO.COC(C)=C(C)C. The first-order valence-electron chi connectivity index (χ1n) is 5.40. The normalized spacial score (nSPS) is 7.00. The predicted molar refractivity (Wildman–Crippen MR) is 80.7 cm³/mol. The van der Waals surface area contributed by atoms with Gasteiger partial charge in [-0.15, -0.1) is 0 Å². The van der Waals surface area contributed by atoms with Gasteiger partial charge < -0.3 is 9.84 Å². The van der Waals surface area contributed by atoms with Crippen molar-refractivity contribution in [2.75, 3.05) is 7.11 Å². The summed E-state index contributed by atoms with van der Waals surface area (Å²) in [4.78, 5) is 10.4. The molecule has 0 aliphatic rings. The average molecular weight is 258 g/mol. The Bertz CT molecular complexity index is 259. The van der Waals surface area contributed by atoms with E-state index >= 15 is 0 Å². The van der Waals surface area contributed by atoms with Crippen LogP contribution in [-0.2, 0) is 9.53 Å². The summed E-state index contributed by atoms with van der Waals surface area (Å²) in [5.41, 5.74) is 1.89. The van der Waals surface area contributed by atoms with Crippen molar-refractivity contribution in [3.05, 3.63) is 36.3 Å². The van der Waals surface area contributed by atoms with Gasteiger partial charge in [-0.1, -0.05) is 27.5 Å². The van der Waals surface area contributed by atoms with E-state index in [9.17, 15) is 4.79 Å². The van der Waals surface area contributed by atoms with Crippen LogP contribution in [0, 0.1) is 0 Å². The summed E-state index contributed by atoms with van der Waals surface area (Å²) in [7, 11) is 1.68. The highest BCUT2D eigenvalue weighted by Gasteiger charge is 1.93. The van der Waals surface area contributed by atoms with Crippen molar-refractivity contribution in [2.24, 2.45) is 0 Å². The van der Waals surface area contributed by atoms with E-state index in [0.717, 1.165) is 12.0 Å². The van der Waals surface area contributed by atoms with Gasteiger partial charge in [-0.3, -0.25) is 4.79 Å². The molecule has 108 valence electrons.